The number of aromatic nitrogens is 3. The third-order valence-corrected chi connectivity index (χ3v) is 6.50. The summed E-state index contributed by atoms with van der Waals surface area (Å²) in [5.74, 6) is 0.399. The molecule has 0 unspecified atom stereocenters. The van der Waals surface area contributed by atoms with Crippen molar-refractivity contribution >= 4 is 40.0 Å². The van der Waals surface area contributed by atoms with E-state index in [9.17, 15) is 4.79 Å². The molecule has 1 amide bonds. The molecule has 1 atom stereocenters. The van der Waals surface area contributed by atoms with Crippen LogP contribution in [0.2, 0.25) is 10.0 Å². The van der Waals surface area contributed by atoms with E-state index in [-0.39, 0.29) is 17.8 Å². The van der Waals surface area contributed by atoms with Gasteiger partial charge in [0, 0.05) is 36.7 Å². The molecule has 0 spiro atoms. The second kappa shape index (κ2) is 9.62. The highest BCUT2D eigenvalue weighted by Crippen LogP contribution is 2.42. The van der Waals surface area contributed by atoms with Crippen LogP contribution < -0.4 is 4.74 Å². The van der Waals surface area contributed by atoms with Crippen molar-refractivity contribution in [2.24, 2.45) is 0 Å². The van der Waals surface area contributed by atoms with E-state index < -0.39 is 0 Å². The lowest BCUT2D eigenvalue weighted by molar-refractivity contribution is 0.0340. The fourth-order valence-electron chi connectivity index (χ4n) is 4.15. The minimum Gasteiger partial charge on any atom is -0.494 e. The summed E-state index contributed by atoms with van der Waals surface area (Å²) >= 11 is 12.9. The normalized spacial score (nSPS) is 15.8. The standard InChI is InChI=1S/C22H24Cl2N4O4/c1-13-18-15-4-5-16(23)19(24)20(15)28(12-32-9-8-30-2)17(18)6-7-27(13)22(29)21-25-10-14(31-3)11-26-21/h4-5,10-11,13H,6-9,12H2,1-3H3/t13-/m0/s1. The van der Waals surface area contributed by atoms with Gasteiger partial charge in [-0.05, 0) is 13.0 Å². The quantitative estimate of drug-likeness (QED) is 0.475. The highest BCUT2D eigenvalue weighted by atomic mass is 35.5. The van der Waals surface area contributed by atoms with Crippen LogP contribution in [0.15, 0.2) is 24.5 Å². The summed E-state index contributed by atoms with van der Waals surface area (Å²) in [6.07, 6.45) is 3.62. The Morgan fingerprint density at radius 3 is 2.62 bits per heavy atom. The summed E-state index contributed by atoms with van der Waals surface area (Å²) in [4.78, 5) is 23.3. The molecule has 4 rings (SSSR count). The molecule has 0 saturated heterocycles. The Hall–Kier alpha value is -2.39. The van der Waals surface area contributed by atoms with Crippen molar-refractivity contribution < 1.29 is 19.0 Å². The lowest BCUT2D eigenvalue weighted by Crippen LogP contribution is -2.40. The lowest BCUT2D eigenvalue weighted by atomic mass is 9.96. The maximum Gasteiger partial charge on any atom is 0.292 e. The van der Waals surface area contributed by atoms with Crippen LogP contribution in [0.3, 0.4) is 0 Å². The van der Waals surface area contributed by atoms with Crippen molar-refractivity contribution in [2.75, 3.05) is 34.0 Å². The number of benzene rings is 1. The molecule has 2 aromatic heterocycles. The van der Waals surface area contributed by atoms with Gasteiger partial charge in [0.15, 0.2) is 5.75 Å². The number of hydrogen-bond acceptors (Lipinski definition) is 6. The van der Waals surface area contributed by atoms with E-state index >= 15 is 0 Å². The van der Waals surface area contributed by atoms with Gasteiger partial charge in [-0.2, -0.15) is 0 Å². The van der Waals surface area contributed by atoms with Crippen LogP contribution in [0, 0.1) is 0 Å². The molecule has 1 aliphatic heterocycles. The van der Waals surface area contributed by atoms with Gasteiger partial charge in [0.1, 0.15) is 6.73 Å². The van der Waals surface area contributed by atoms with Crippen LogP contribution in [0.4, 0.5) is 0 Å². The summed E-state index contributed by atoms with van der Waals surface area (Å²) < 4.78 is 18.0. The first-order valence-corrected chi connectivity index (χ1v) is 11.0. The van der Waals surface area contributed by atoms with Crippen molar-refractivity contribution in [3.63, 3.8) is 0 Å². The van der Waals surface area contributed by atoms with Crippen LogP contribution in [-0.4, -0.2) is 59.3 Å². The largest absolute Gasteiger partial charge is 0.494 e. The van der Waals surface area contributed by atoms with Crippen LogP contribution >= 0.6 is 23.2 Å². The number of hydrogen-bond donors (Lipinski definition) is 0. The Morgan fingerprint density at radius 1 is 1.19 bits per heavy atom. The molecule has 0 fully saturated rings. The maximum absolute atomic E-state index is 13.2. The number of carbonyl (C=O) groups excluding carboxylic acids is 1. The molecule has 0 saturated carbocycles. The summed E-state index contributed by atoms with van der Waals surface area (Å²) in [5.41, 5.74) is 2.92. The lowest BCUT2D eigenvalue weighted by Gasteiger charge is -2.34. The summed E-state index contributed by atoms with van der Waals surface area (Å²) in [5, 5.41) is 1.89. The summed E-state index contributed by atoms with van der Waals surface area (Å²) in [7, 11) is 3.16. The molecule has 3 aromatic rings. The second-order valence-corrected chi connectivity index (χ2v) is 8.23. The third-order valence-electron chi connectivity index (χ3n) is 5.71. The molecule has 0 radical (unpaired) electrons. The molecule has 0 aliphatic carbocycles. The van der Waals surface area contributed by atoms with Crippen LogP contribution in [-0.2, 0) is 22.6 Å². The molecule has 10 heteroatoms. The van der Waals surface area contributed by atoms with Gasteiger partial charge in [0.05, 0.1) is 54.3 Å². The number of fused-ring (bicyclic) bond motifs is 3. The number of ether oxygens (including phenoxy) is 3. The minimum atomic E-state index is -0.233. The second-order valence-electron chi connectivity index (χ2n) is 7.45. The molecule has 1 aromatic carbocycles. The van der Waals surface area contributed by atoms with Gasteiger partial charge in [-0.25, -0.2) is 9.97 Å². The van der Waals surface area contributed by atoms with Gasteiger partial charge in [0.2, 0.25) is 5.82 Å². The topological polar surface area (TPSA) is 78.7 Å². The number of amides is 1. The average molecular weight is 479 g/mol. The predicted octanol–water partition coefficient (Wildman–Crippen LogP) is 4.13. The van der Waals surface area contributed by atoms with Crippen molar-refractivity contribution in [2.45, 2.75) is 26.1 Å². The van der Waals surface area contributed by atoms with Gasteiger partial charge in [-0.3, -0.25) is 4.79 Å². The van der Waals surface area contributed by atoms with Crippen molar-refractivity contribution in [1.29, 1.82) is 0 Å². The first kappa shape index (κ1) is 22.8. The molecule has 32 heavy (non-hydrogen) atoms. The Morgan fingerprint density at radius 2 is 1.94 bits per heavy atom. The minimum absolute atomic E-state index is 0.133. The van der Waals surface area contributed by atoms with Crippen molar-refractivity contribution in [3.8, 4) is 5.75 Å². The molecular formula is C22H24Cl2N4O4. The van der Waals surface area contributed by atoms with E-state index in [1.54, 1.807) is 18.1 Å². The van der Waals surface area contributed by atoms with Crippen LogP contribution in [0.5, 0.6) is 5.75 Å². The molecule has 8 nitrogen and oxygen atoms in total. The highest BCUT2D eigenvalue weighted by molar-refractivity contribution is 6.45. The molecule has 0 bridgehead atoms. The Labute approximate surface area is 196 Å². The summed E-state index contributed by atoms with van der Waals surface area (Å²) in [6.45, 7) is 3.78. The fourth-order valence-corrected chi connectivity index (χ4v) is 4.57. The molecule has 170 valence electrons. The number of halogens is 2. The van der Waals surface area contributed by atoms with Gasteiger partial charge in [-0.15, -0.1) is 0 Å². The zero-order valence-corrected chi connectivity index (χ0v) is 19.6. The molecule has 3 heterocycles. The molecule has 0 N–H and O–H groups in total. The van der Waals surface area contributed by atoms with Gasteiger partial charge >= 0.3 is 0 Å². The van der Waals surface area contributed by atoms with E-state index in [2.05, 4.69) is 14.5 Å². The number of methoxy groups -OCH3 is 2. The summed E-state index contributed by atoms with van der Waals surface area (Å²) in [6, 6.07) is 3.52. The van der Waals surface area contributed by atoms with Crippen LogP contribution in [0.1, 0.15) is 34.8 Å². The third kappa shape index (κ3) is 4.03. The van der Waals surface area contributed by atoms with E-state index in [0.29, 0.717) is 48.7 Å². The first-order chi connectivity index (χ1) is 15.5. The maximum atomic E-state index is 13.2. The van der Waals surface area contributed by atoms with Gasteiger partial charge < -0.3 is 23.7 Å². The Bertz CT molecular complexity index is 1130. The van der Waals surface area contributed by atoms with E-state index in [0.717, 1.165) is 22.2 Å². The Balaban J connectivity index is 1.72. The Kier molecular flexibility index (Phi) is 6.85. The monoisotopic (exact) mass is 478 g/mol. The van der Waals surface area contributed by atoms with Crippen molar-refractivity contribution in [1.82, 2.24) is 19.4 Å². The molecular weight excluding hydrogens is 455 g/mol. The van der Waals surface area contributed by atoms with Crippen LogP contribution in [0.25, 0.3) is 10.9 Å². The fraction of sp³-hybridized carbons (Fsp3) is 0.409. The average Bonchev–Trinajstić information content (AvgIpc) is 3.14. The molecule has 1 aliphatic rings. The number of nitrogens with zero attached hydrogens (tertiary/aromatic N) is 4. The zero-order chi connectivity index (χ0) is 22.8. The SMILES string of the molecule is COCCOCn1c2c(c3ccc(Cl)c(Cl)c31)[C@H](C)N(C(=O)c1ncc(OC)cn1)CC2. The highest BCUT2D eigenvalue weighted by Gasteiger charge is 2.34. The van der Waals surface area contributed by atoms with E-state index in [4.69, 9.17) is 37.4 Å². The number of carbonyl (C=O) groups is 1. The smallest absolute Gasteiger partial charge is 0.292 e. The first-order valence-electron chi connectivity index (χ1n) is 10.2. The van der Waals surface area contributed by atoms with Crippen molar-refractivity contribution in [3.05, 3.63) is 51.7 Å². The van der Waals surface area contributed by atoms with E-state index in [1.165, 1.54) is 19.5 Å². The van der Waals surface area contributed by atoms with Gasteiger partial charge in [-0.1, -0.05) is 29.3 Å². The predicted molar refractivity (Wildman–Crippen MR) is 122 cm³/mol. The zero-order valence-electron chi connectivity index (χ0n) is 18.1. The number of rotatable bonds is 7. The van der Waals surface area contributed by atoms with Gasteiger partial charge in [0.25, 0.3) is 5.91 Å². The van der Waals surface area contributed by atoms with E-state index in [1.807, 2.05) is 13.0 Å².